The van der Waals surface area contributed by atoms with Crippen LogP contribution in [0.4, 0.5) is 5.82 Å². The van der Waals surface area contributed by atoms with Crippen molar-refractivity contribution < 1.29 is 4.74 Å². The average Bonchev–Trinajstić information content (AvgIpc) is 2.57. The van der Waals surface area contributed by atoms with E-state index >= 15 is 0 Å². The Hall–Kier alpha value is -2.81. The Balaban J connectivity index is 1.66. The molecule has 0 saturated carbocycles. The molecule has 1 aromatic heterocycles. The lowest BCUT2D eigenvalue weighted by Crippen LogP contribution is -2.36. The Kier molecular flexibility index (Phi) is 4.29. The third kappa shape index (κ3) is 3.34. The molecule has 2 heterocycles. The van der Waals surface area contributed by atoms with Crippen molar-refractivity contribution in [2.24, 2.45) is 0 Å². The van der Waals surface area contributed by atoms with Crippen LogP contribution >= 0.6 is 0 Å². The second kappa shape index (κ2) is 6.53. The highest BCUT2D eigenvalue weighted by Crippen LogP contribution is 2.20. The Morgan fingerprint density at radius 1 is 1.30 bits per heavy atom. The van der Waals surface area contributed by atoms with Crippen molar-refractivity contribution in [3.05, 3.63) is 51.9 Å². The van der Waals surface area contributed by atoms with Crippen molar-refractivity contribution in [3.63, 3.8) is 0 Å². The lowest BCUT2D eigenvalue weighted by molar-refractivity contribution is 0.306. The zero-order valence-electron chi connectivity index (χ0n) is 13.0. The number of benzene rings is 1. The fraction of sp³-hybridized carbons (Fsp3) is 0.353. The van der Waals surface area contributed by atoms with Gasteiger partial charge in [-0.15, -0.1) is 0 Å². The fourth-order valence-electron chi connectivity index (χ4n) is 2.67. The van der Waals surface area contributed by atoms with Crippen LogP contribution < -0.4 is 15.3 Å². The summed E-state index contributed by atoms with van der Waals surface area (Å²) in [5.41, 5.74) is 1.46. The van der Waals surface area contributed by atoms with E-state index < -0.39 is 0 Å². The summed E-state index contributed by atoms with van der Waals surface area (Å²) in [6.07, 6.45) is 1.64. The molecule has 2 aromatic rings. The van der Waals surface area contributed by atoms with Crippen LogP contribution in [0.15, 0.2) is 35.1 Å². The van der Waals surface area contributed by atoms with E-state index in [1.807, 2.05) is 30.1 Å². The lowest BCUT2D eigenvalue weighted by atomic mass is 10.1. The zero-order valence-corrected chi connectivity index (χ0v) is 13.0. The van der Waals surface area contributed by atoms with E-state index in [2.05, 4.69) is 11.1 Å². The fourth-order valence-corrected chi connectivity index (χ4v) is 2.67. The minimum absolute atomic E-state index is 0.262. The molecule has 118 valence electrons. The first kappa shape index (κ1) is 15.1. The van der Waals surface area contributed by atoms with Gasteiger partial charge in [-0.1, -0.05) is 12.1 Å². The van der Waals surface area contributed by atoms with E-state index in [0.29, 0.717) is 31.0 Å². The average molecular weight is 310 g/mol. The van der Waals surface area contributed by atoms with E-state index in [1.54, 1.807) is 16.7 Å². The van der Waals surface area contributed by atoms with Gasteiger partial charge in [0.15, 0.2) is 0 Å². The standard InChI is InChI=1S/C17H18N4O2/c1-20-8-2-9-21-16(20)11-15(19-17(21)22)23-10-7-13-3-5-14(12-18)6-4-13/h3-6,11H,2,7-10H2,1H3. The Bertz CT molecular complexity index is 790. The molecule has 6 nitrogen and oxygen atoms in total. The second-order valence-electron chi connectivity index (χ2n) is 5.57. The van der Waals surface area contributed by atoms with Crippen molar-refractivity contribution in [1.82, 2.24) is 9.55 Å². The highest BCUT2D eigenvalue weighted by atomic mass is 16.5. The van der Waals surface area contributed by atoms with Crippen molar-refractivity contribution in [2.45, 2.75) is 19.4 Å². The van der Waals surface area contributed by atoms with Crippen LogP contribution in [0.2, 0.25) is 0 Å². The second-order valence-corrected chi connectivity index (χ2v) is 5.57. The number of fused-ring (bicyclic) bond motifs is 1. The molecule has 0 amide bonds. The predicted molar refractivity (Wildman–Crippen MR) is 86.7 cm³/mol. The van der Waals surface area contributed by atoms with Crippen LogP contribution in [0.3, 0.4) is 0 Å². The van der Waals surface area contributed by atoms with Gasteiger partial charge < -0.3 is 9.64 Å². The van der Waals surface area contributed by atoms with Gasteiger partial charge in [0.05, 0.1) is 18.2 Å². The quantitative estimate of drug-likeness (QED) is 0.857. The van der Waals surface area contributed by atoms with Crippen molar-refractivity contribution in [1.29, 1.82) is 5.26 Å². The Labute approximate surface area is 134 Å². The molecule has 1 aliphatic rings. The van der Waals surface area contributed by atoms with E-state index in [9.17, 15) is 4.79 Å². The molecule has 0 fully saturated rings. The van der Waals surface area contributed by atoms with E-state index in [-0.39, 0.29) is 5.69 Å². The number of nitrogens with zero attached hydrogens (tertiary/aromatic N) is 4. The number of anilines is 1. The first-order valence-corrected chi connectivity index (χ1v) is 7.62. The maximum atomic E-state index is 12.0. The highest BCUT2D eigenvalue weighted by molar-refractivity contribution is 5.42. The molecule has 0 unspecified atom stereocenters. The number of rotatable bonds is 4. The van der Waals surface area contributed by atoms with E-state index in [0.717, 1.165) is 24.3 Å². The molecule has 6 heteroatoms. The number of aromatic nitrogens is 2. The summed E-state index contributed by atoms with van der Waals surface area (Å²) in [5, 5.41) is 8.78. The van der Waals surface area contributed by atoms with Crippen molar-refractivity contribution in [2.75, 3.05) is 25.1 Å². The van der Waals surface area contributed by atoms with Crippen LogP contribution in [0.1, 0.15) is 17.5 Å². The lowest BCUT2D eigenvalue weighted by Gasteiger charge is -2.28. The van der Waals surface area contributed by atoms with Crippen molar-refractivity contribution in [3.8, 4) is 11.9 Å². The SMILES string of the molecule is CN1CCCn2c1cc(OCCc1ccc(C#N)cc1)nc2=O. The largest absolute Gasteiger partial charge is 0.477 e. The molecular weight excluding hydrogens is 292 g/mol. The number of hydrogen-bond acceptors (Lipinski definition) is 5. The number of nitriles is 1. The number of hydrogen-bond donors (Lipinski definition) is 0. The number of ether oxygens (including phenoxy) is 1. The molecule has 0 aliphatic carbocycles. The van der Waals surface area contributed by atoms with E-state index in [4.69, 9.17) is 10.00 Å². The Morgan fingerprint density at radius 3 is 2.83 bits per heavy atom. The van der Waals surface area contributed by atoms with Crippen LogP contribution in [-0.4, -0.2) is 29.8 Å². The van der Waals surface area contributed by atoms with Gasteiger partial charge in [-0.3, -0.25) is 4.57 Å². The van der Waals surface area contributed by atoms with Gasteiger partial charge in [0.1, 0.15) is 5.82 Å². The third-order valence-corrected chi connectivity index (χ3v) is 3.96. The van der Waals surface area contributed by atoms with Gasteiger partial charge in [0.25, 0.3) is 0 Å². The summed E-state index contributed by atoms with van der Waals surface area (Å²) in [5.74, 6) is 1.22. The first-order chi connectivity index (χ1) is 11.2. The molecule has 0 bridgehead atoms. The molecule has 0 spiro atoms. The zero-order chi connectivity index (χ0) is 16.2. The molecule has 0 atom stereocenters. The van der Waals surface area contributed by atoms with Gasteiger partial charge in [0.2, 0.25) is 5.88 Å². The summed E-state index contributed by atoms with van der Waals surface area (Å²) in [6, 6.07) is 11.3. The maximum Gasteiger partial charge on any atom is 0.352 e. The van der Waals surface area contributed by atoms with Crippen LogP contribution in [0.25, 0.3) is 0 Å². The van der Waals surface area contributed by atoms with Gasteiger partial charge in [0, 0.05) is 32.6 Å². The molecule has 3 rings (SSSR count). The maximum absolute atomic E-state index is 12.0. The summed E-state index contributed by atoms with van der Waals surface area (Å²) >= 11 is 0. The topological polar surface area (TPSA) is 71.2 Å². The van der Waals surface area contributed by atoms with Gasteiger partial charge in [-0.05, 0) is 24.1 Å². The molecule has 0 radical (unpaired) electrons. The molecular formula is C17H18N4O2. The first-order valence-electron chi connectivity index (χ1n) is 7.62. The molecule has 0 saturated heterocycles. The monoisotopic (exact) mass is 310 g/mol. The normalized spacial score (nSPS) is 13.3. The summed E-state index contributed by atoms with van der Waals surface area (Å²) < 4.78 is 7.32. The molecule has 1 aromatic carbocycles. The predicted octanol–water partition coefficient (Wildman–Crippen LogP) is 1.58. The van der Waals surface area contributed by atoms with Gasteiger partial charge in [-0.25, -0.2) is 4.79 Å². The summed E-state index contributed by atoms with van der Waals surface area (Å²) in [4.78, 5) is 18.1. The van der Waals surface area contributed by atoms with Crippen LogP contribution in [0.5, 0.6) is 5.88 Å². The van der Waals surface area contributed by atoms with Gasteiger partial charge >= 0.3 is 5.69 Å². The molecule has 0 N–H and O–H groups in total. The summed E-state index contributed by atoms with van der Waals surface area (Å²) in [7, 11) is 1.96. The smallest absolute Gasteiger partial charge is 0.352 e. The van der Waals surface area contributed by atoms with Gasteiger partial charge in [-0.2, -0.15) is 10.2 Å². The van der Waals surface area contributed by atoms with Crippen molar-refractivity contribution >= 4 is 5.82 Å². The Morgan fingerprint density at radius 2 is 2.09 bits per heavy atom. The molecule has 1 aliphatic heterocycles. The summed E-state index contributed by atoms with van der Waals surface area (Å²) in [6.45, 7) is 2.07. The van der Waals surface area contributed by atoms with Crippen LogP contribution in [0, 0.1) is 11.3 Å². The minimum atomic E-state index is -0.262. The third-order valence-electron chi connectivity index (χ3n) is 3.96. The molecule has 23 heavy (non-hydrogen) atoms. The highest BCUT2D eigenvalue weighted by Gasteiger charge is 2.16. The van der Waals surface area contributed by atoms with E-state index in [1.165, 1.54) is 0 Å². The van der Waals surface area contributed by atoms with Crippen LogP contribution in [-0.2, 0) is 13.0 Å². The minimum Gasteiger partial charge on any atom is -0.477 e.